The molecule has 6 aromatic rings. The quantitative estimate of drug-likeness (QED) is 0.444. The molecule has 8 heteroatoms. The van der Waals surface area contributed by atoms with Crippen LogP contribution in [0.5, 0.6) is 5.75 Å². The van der Waals surface area contributed by atoms with Gasteiger partial charge >= 0.3 is 0 Å². The van der Waals surface area contributed by atoms with Crippen molar-refractivity contribution in [3.05, 3.63) is 89.1 Å². The average molecular weight is 436 g/mol. The molecule has 0 aliphatic heterocycles. The Morgan fingerprint density at radius 3 is 2.79 bits per heavy atom. The van der Waals surface area contributed by atoms with Crippen LogP contribution in [0.25, 0.3) is 38.7 Å². The zero-order valence-corrected chi connectivity index (χ0v) is 17.9. The fraction of sp³-hybridized carbons (Fsp3) is 0.120. The number of methoxy groups -OCH3 is 1. The van der Waals surface area contributed by atoms with Crippen LogP contribution >= 0.6 is 0 Å². The van der Waals surface area contributed by atoms with Gasteiger partial charge in [0.2, 0.25) is 0 Å². The summed E-state index contributed by atoms with van der Waals surface area (Å²) in [6, 6.07) is 17.7. The number of aromatic nitrogens is 6. The third-order valence-corrected chi connectivity index (χ3v) is 6.02. The Labute approximate surface area is 188 Å². The lowest BCUT2D eigenvalue weighted by atomic mass is 10.1. The molecule has 0 atom stereocenters. The van der Waals surface area contributed by atoms with Gasteiger partial charge in [0.25, 0.3) is 5.56 Å². The Kier molecular flexibility index (Phi) is 4.43. The van der Waals surface area contributed by atoms with Crippen molar-refractivity contribution in [2.45, 2.75) is 13.0 Å². The Morgan fingerprint density at radius 1 is 1.06 bits per heavy atom. The summed E-state index contributed by atoms with van der Waals surface area (Å²) in [5.41, 5.74) is 5.42. The minimum Gasteiger partial charge on any atom is -0.497 e. The highest BCUT2D eigenvalue weighted by Crippen LogP contribution is 2.25. The van der Waals surface area contributed by atoms with E-state index in [0.717, 1.165) is 33.3 Å². The molecular formula is C25H20N6O2. The molecule has 0 saturated heterocycles. The van der Waals surface area contributed by atoms with Gasteiger partial charge in [0.05, 0.1) is 13.3 Å². The number of ether oxygens (including phenoxy) is 1. The zero-order valence-electron chi connectivity index (χ0n) is 17.9. The summed E-state index contributed by atoms with van der Waals surface area (Å²) in [4.78, 5) is 16.4. The van der Waals surface area contributed by atoms with Crippen molar-refractivity contribution >= 4 is 27.6 Å². The second-order valence-corrected chi connectivity index (χ2v) is 7.88. The second kappa shape index (κ2) is 7.59. The largest absolute Gasteiger partial charge is 0.497 e. The van der Waals surface area contributed by atoms with Crippen molar-refractivity contribution < 1.29 is 4.74 Å². The summed E-state index contributed by atoms with van der Waals surface area (Å²) in [6.45, 7) is 0.521. The third kappa shape index (κ3) is 3.15. The Balaban J connectivity index is 1.36. The molecular weight excluding hydrogens is 416 g/mol. The number of nitrogens with one attached hydrogen (secondary N) is 1. The molecule has 8 nitrogen and oxygen atoms in total. The van der Waals surface area contributed by atoms with E-state index >= 15 is 0 Å². The number of aryl methyl sites for hydroxylation is 2. The molecule has 6 rings (SSSR count). The Hall–Kier alpha value is -4.46. The van der Waals surface area contributed by atoms with Crippen molar-refractivity contribution in [3.63, 3.8) is 0 Å². The lowest BCUT2D eigenvalue weighted by molar-refractivity contribution is 0.415. The predicted octanol–water partition coefficient (Wildman–Crippen LogP) is 3.84. The van der Waals surface area contributed by atoms with Crippen LogP contribution in [0.15, 0.2) is 78.0 Å². The molecule has 2 aromatic carbocycles. The highest BCUT2D eigenvalue weighted by Gasteiger charge is 2.14. The van der Waals surface area contributed by atoms with Crippen LogP contribution in [-0.2, 0) is 13.0 Å². The van der Waals surface area contributed by atoms with E-state index in [0.29, 0.717) is 29.6 Å². The van der Waals surface area contributed by atoms with Crippen molar-refractivity contribution in [2.24, 2.45) is 0 Å². The molecule has 0 aliphatic carbocycles. The van der Waals surface area contributed by atoms with E-state index in [1.54, 1.807) is 28.6 Å². The molecule has 0 spiro atoms. The molecule has 0 bridgehead atoms. The highest BCUT2D eigenvalue weighted by molar-refractivity contribution is 5.85. The van der Waals surface area contributed by atoms with Gasteiger partial charge in [-0.3, -0.25) is 4.79 Å². The van der Waals surface area contributed by atoms with Crippen LogP contribution in [0.2, 0.25) is 0 Å². The number of aromatic amines is 1. The van der Waals surface area contributed by atoms with Gasteiger partial charge in [0.15, 0.2) is 11.2 Å². The average Bonchev–Trinajstić information content (AvgIpc) is 3.48. The summed E-state index contributed by atoms with van der Waals surface area (Å²) in [6.07, 6.45) is 6.23. The van der Waals surface area contributed by atoms with E-state index in [4.69, 9.17) is 4.74 Å². The SMILES string of the molecule is COc1ccc2[nH]cc(CCn3ccc4c(nnc5c(-c6ccccc6)cnn54)c3=O)c2c1. The van der Waals surface area contributed by atoms with Gasteiger partial charge in [-0.05, 0) is 41.8 Å². The van der Waals surface area contributed by atoms with E-state index in [2.05, 4.69) is 20.3 Å². The third-order valence-electron chi connectivity index (χ3n) is 6.02. The first-order valence-corrected chi connectivity index (χ1v) is 10.7. The summed E-state index contributed by atoms with van der Waals surface area (Å²) in [5, 5.41) is 14.2. The first-order valence-electron chi connectivity index (χ1n) is 10.7. The molecule has 0 amide bonds. The summed E-state index contributed by atoms with van der Waals surface area (Å²) in [7, 11) is 1.66. The number of hydrogen-bond donors (Lipinski definition) is 1. The first-order chi connectivity index (χ1) is 16.2. The molecule has 33 heavy (non-hydrogen) atoms. The van der Waals surface area contributed by atoms with Crippen LogP contribution < -0.4 is 10.3 Å². The maximum absolute atomic E-state index is 13.2. The van der Waals surface area contributed by atoms with Crippen LogP contribution in [-0.4, -0.2) is 36.5 Å². The minimum absolute atomic E-state index is 0.184. The van der Waals surface area contributed by atoms with E-state index in [-0.39, 0.29) is 5.56 Å². The fourth-order valence-electron chi connectivity index (χ4n) is 4.26. The highest BCUT2D eigenvalue weighted by atomic mass is 16.5. The Bertz CT molecular complexity index is 1680. The van der Waals surface area contributed by atoms with Crippen LogP contribution in [0.4, 0.5) is 0 Å². The van der Waals surface area contributed by atoms with Gasteiger partial charge in [-0.1, -0.05) is 30.3 Å². The number of rotatable bonds is 5. The Morgan fingerprint density at radius 2 is 1.94 bits per heavy atom. The normalized spacial score (nSPS) is 11.5. The molecule has 0 fully saturated rings. The monoisotopic (exact) mass is 436 g/mol. The number of pyridine rings is 1. The summed E-state index contributed by atoms with van der Waals surface area (Å²) in [5.74, 6) is 0.805. The first kappa shape index (κ1) is 19.2. The van der Waals surface area contributed by atoms with Gasteiger partial charge in [-0.2, -0.15) is 5.10 Å². The molecule has 162 valence electrons. The van der Waals surface area contributed by atoms with E-state index in [1.165, 1.54) is 0 Å². The lowest BCUT2D eigenvalue weighted by Gasteiger charge is -2.08. The number of hydrogen-bond acceptors (Lipinski definition) is 5. The van der Waals surface area contributed by atoms with Crippen molar-refractivity contribution in [1.29, 1.82) is 0 Å². The number of fused-ring (bicyclic) bond motifs is 4. The minimum atomic E-state index is -0.184. The van der Waals surface area contributed by atoms with Gasteiger partial charge in [-0.15, -0.1) is 10.2 Å². The van der Waals surface area contributed by atoms with Crippen LogP contribution in [0.3, 0.4) is 0 Å². The van der Waals surface area contributed by atoms with Crippen LogP contribution in [0.1, 0.15) is 5.56 Å². The van der Waals surface area contributed by atoms with Gasteiger partial charge < -0.3 is 14.3 Å². The molecule has 0 saturated carbocycles. The molecule has 0 unspecified atom stereocenters. The summed E-state index contributed by atoms with van der Waals surface area (Å²) < 4.78 is 8.70. The van der Waals surface area contributed by atoms with Crippen LogP contribution in [0, 0.1) is 0 Å². The zero-order chi connectivity index (χ0) is 22.4. The number of nitrogens with zero attached hydrogens (tertiary/aromatic N) is 5. The molecule has 1 N–H and O–H groups in total. The van der Waals surface area contributed by atoms with E-state index < -0.39 is 0 Å². The fourth-order valence-corrected chi connectivity index (χ4v) is 4.26. The molecule has 4 heterocycles. The van der Waals surface area contributed by atoms with Gasteiger partial charge in [0.1, 0.15) is 11.3 Å². The predicted molar refractivity (Wildman–Crippen MR) is 127 cm³/mol. The van der Waals surface area contributed by atoms with Crippen molar-refractivity contribution in [3.8, 4) is 16.9 Å². The molecule has 0 aliphatic rings. The van der Waals surface area contributed by atoms with Gasteiger partial charge in [0, 0.05) is 35.4 Å². The number of benzene rings is 2. The lowest BCUT2D eigenvalue weighted by Crippen LogP contribution is -2.22. The molecule has 4 aromatic heterocycles. The topological polar surface area (TPSA) is 90.1 Å². The maximum atomic E-state index is 13.2. The van der Waals surface area contributed by atoms with Crippen molar-refractivity contribution in [2.75, 3.05) is 7.11 Å². The smallest absolute Gasteiger partial charge is 0.280 e. The standard InChI is InChI=1S/C25H20N6O2/c1-33-18-7-8-21-19(13-18)17(14-26-21)9-11-30-12-10-22-23(25(30)32)28-29-24-20(15-27-31(22)24)16-5-3-2-4-6-16/h2-8,10,12-15,26H,9,11H2,1H3. The number of H-pyrrole nitrogens is 1. The van der Waals surface area contributed by atoms with Gasteiger partial charge in [-0.25, -0.2) is 4.52 Å². The van der Waals surface area contributed by atoms with E-state index in [1.807, 2.05) is 60.8 Å². The second-order valence-electron chi connectivity index (χ2n) is 7.88. The van der Waals surface area contributed by atoms with Crippen molar-refractivity contribution in [1.82, 2.24) is 29.4 Å². The van der Waals surface area contributed by atoms with E-state index in [9.17, 15) is 4.79 Å². The summed E-state index contributed by atoms with van der Waals surface area (Å²) >= 11 is 0. The molecule has 0 radical (unpaired) electrons. The maximum Gasteiger partial charge on any atom is 0.280 e.